The van der Waals surface area contributed by atoms with Gasteiger partial charge in [0.15, 0.2) is 0 Å². The number of aryl methyl sites for hydroxylation is 2. The van der Waals surface area contributed by atoms with Gasteiger partial charge in [0, 0.05) is 0 Å². The molecule has 69 valence electrons. The van der Waals surface area contributed by atoms with Crippen molar-refractivity contribution in [3.63, 3.8) is 0 Å². The van der Waals surface area contributed by atoms with Gasteiger partial charge in [0.05, 0.1) is 6.42 Å². The second-order valence-corrected chi connectivity index (χ2v) is 3.35. The minimum atomic E-state index is -1.02. The third-order valence-electron chi connectivity index (χ3n) is 2.42. The maximum absolute atomic E-state index is 10.5. The van der Waals surface area contributed by atoms with E-state index in [9.17, 15) is 9.90 Å². The van der Waals surface area contributed by atoms with Crippen LogP contribution in [0.4, 0.5) is 0 Å². The van der Waals surface area contributed by atoms with E-state index in [-0.39, 0.29) is 6.42 Å². The van der Waals surface area contributed by atoms with Gasteiger partial charge >= 0.3 is 5.97 Å². The molecule has 0 aliphatic rings. The first kappa shape index (κ1) is 9.78. The Morgan fingerprint density at radius 1 is 1.15 bits per heavy atom. The molecule has 0 unspecified atom stereocenters. The zero-order valence-corrected chi connectivity index (χ0v) is 8.18. The van der Waals surface area contributed by atoms with Gasteiger partial charge in [-0.3, -0.25) is 0 Å². The van der Waals surface area contributed by atoms with Crippen LogP contribution in [-0.4, -0.2) is 5.97 Å². The average Bonchev–Trinajstić information content (AvgIpc) is 2.05. The fourth-order valence-electron chi connectivity index (χ4n) is 1.43. The van der Waals surface area contributed by atoms with Crippen molar-refractivity contribution in [2.75, 3.05) is 0 Å². The van der Waals surface area contributed by atoms with Gasteiger partial charge in [-0.25, -0.2) is 9.90 Å². The standard InChI is InChI=1S/C11H13O2/c1-7-4-5-8(2)10(9(7)3)6-11(12)13/h4-5H,6H2,1-3H3. The Morgan fingerprint density at radius 3 is 2.23 bits per heavy atom. The third-order valence-corrected chi connectivity index (χ3v) is 2.42. The van der Waals surface area contributed by atoms with Crippen molar-refractivity contribution in [2.45, 2.75) is 27.2 Å². The van der Waals surface area contributed by atoms with Gasteiger partial charge in [-0.1, -0.05) is 12.1 Å². The lowest BCUT2D eigenvalue weighted by atomic mass is 9.96. The van der Waals surface area contributed by atoms with E-state index in [0.29, 0.717) is 0 Å². The molecule has 2 heteroatoms. The van der Waals surface area contributed by atoms with E-state index >= 15 is 0 Å². The molecule has 1 rings (SSSR count). The zero-order chi connectivity index (χ0) is 10.0. The van der Waals surface area contributed by atoms with Gasteiger partial charge < -0.3 is 0 Å². The lowest BCUT2D eigenvalue weighted by molar-refractivity contribution is -0.142. The minimum Gasteiger partial charge on any atom is -0.247 e. The Hall–Kier alpha value is -1.31. The summed E-state index contributed by atoms with van der Waals surface area (Å²) in [7, 11) is 0. The molecule has 0 amide bonds. The highest BCUT2D eigenvalue weighted by atomic mass is 16.4. The van der Waals surface area contributed by atoms with E-state index in [4.69, 9.17) is 0 Å². The smallest absolute Gasteiger partial charge is 0.247 e. The van der Waals surface area contributed by atoms with Gasteiger partial charge in [-0.05, 0) is 43.0 Å². The van der Waals surface area contributed by atoms with Crippen molar-refractivity contribution in [1.29, 1.82) is 0 Å². The first-order chi connectivity index (χ1) is 6.02. The van der Waals surface area contributed by atoms with E-state index in [2.05, 4.69) is 0 Å². The normalized spacial score (nSPS) is 10.1. The molecule has 13 heavy (non-hydrogen) atoms. The number of benzene rings is 1. The van der Waals surface area contributed by atoms with Crippen LogP contribution in [0.3, 0.4) is 0 Å². The SMILES string of the molecule is Cc1ccc(C)c(CC([O])=O)c1C. The van der Waals surface area contributed by atoms with E-state index < -0.39 is 5.97 Å². The molecule has 1 radical (unpaired) electrons. The molecule has 0 aliphatic heterocycles. The highest BCUT2D eigenvalue weighted by Gasteiger charge is 2.09. The molecule has 1 aromatic carbocycles. The van der Waals surface area contributed by atoms with Gasteiger partial charge in [-0.2, -0.15) is 0 Å². The fourth-order valence-corrected chi connectivity index (χ4v) is 1.43. The summed E-state index contributed by atoms with van der Waals surface area (Å²) in [5.41, 5.74) is 4.10. The van der Waals surface area contributed by atoms with Crippen molar-refractivity contribution in [3.8, 4) is 0 Å². The van der Waals surface area contributed by atoms with Crippen molar-refractivity contribution < 1.29 is 9.90 Å². The van der Waals surface area contributed by atoms with Crippen LogP contribution in [0.25, 0.3) is 0 Å². The minimum absolute atomic E-state index is 0.0132. The maximum atomic E-state index is 10.5. The molecular weight excluding hydrogens is 164 g/mol. The molecule has 0 spiro atoms. The highest BCUT2D eigenvalue weighted by Crippen LogP contribution is 2.17. The second kappa shape index (κ2) is 3.60. The second-order valence-electron chi connectivity index (χ2n) is 3.35. The first-order valence-electron chi connectivity index (χ1n) is 4.28. The molecule has 0 saturated carbocycles. The molecule has 0 N–H and O–H groups in total. The number of rotatable bonds is 2. The van der Waals surface area contributed by atoms with Crippen LogP contribution >= 0.6 is 0 Å². The van der Waals surface area contributed by atoms with Crippen LogP contribution in [0.15, 0.2) is 12.1 Å². The largest absolute Gasteiger partial charge is 0.359 e. The predicted molar refractivity (Wildman–Crippen MR) is 50.1 cm³/mol. The summed E-state index contributed by atoms with van der Waals surface area (Å²) in [6.07, 6.45) is 0.0132. The Bertz CT molecular complexity index is 340. The van der Waals surface area contributed by atoms with Gasteiger partial charge in [0.2, 0.25) is 0 Å². The maximum Gasteiger partial charge on any atom is 0.359 e. The lowest BCUT2D eigenvalue weighted by Crippen LogP contribution is -2.03. The Morgan fingerprint density at radius 2 is 1.69 bits per heavy atom. The van der Waals surface area contributed by atoms with Crippen LogP contribution < -0.4 is 0 Å². The van der Waals surface area contributed by atoms with Gasteiger partial charge in [-0.15, -0.1) is 0 Å². The van der Waals surface area contributed by atoms with Crippen LogP contribution in [0.2, 0.25) is 0 Å². The number of hydrogen-bond donors (Lipinski definition) is 0. The van der Waals surface area contributed by atoms with E-state index in [1.54, 1.807) is 0 Å². The summed E-state index contributed by atoms with van der Waals surface area (Å²) in [4.78, 5) is 10.5. The van der Waals surface area contributed by atoms with E-state index in [1.807, 2.05) is 32.9 Å². The Labute approximate surface area is 78.2 Å². The molecule has 0 saturated heterocycles. The summed E-state index contributed by atoms with van der Waals surface area (Å²) in [6.45, 7) is 5.85. The molecule has 2 nitrogen and oxygen atoms in total. The fraction of sp³-hybridized carbons (Fsp3) is 0.364. The van der Waals surface area contributed by atoms with Crippen molar-refractivity contribution in [1.82, 2.24) is 0 Å². The summed E-state index contributed by atoms with van der Waals surface area (Å²) in [6, 6.07) is 3.95. The van der Waals surface area contributed by atoms with E-state index in [1.165, 1.54) is 0 Å². The number of carbonyl (C=O) groups is 1. The Kier molecular flexibility index (Phi) is 2.71. The van der Waals surface area contributed by atoms with E-state index in [0.717, 1.165) is 22.3 Å². The molecule has 0 aliphatic carbocycles. The first-order valence-corrected chi connectivity index (χ1v) is 4.28. The molecule has 0 aromatic heterocycles. The molecule has 0 atom stereocenters. The number of carbonyl (C=O) groups excluding carboxylic acids is 1. The zero-order valence-electron chi connectivity index (χ0n) is 8.18. The Balaban J connectivity index is 3.17. The van der Waals surface area contributed by atoms with Gasteiger partial charge in [0.1, 0.15) is 0 Å². The van der Waals surface area contributed by atoms with Crippen LogP contribution in [0.5, 0.6) is 0 Å². The predicted octanol–water partition coefficient (Wildman–Crippen LogP) is 2.11. The number of hydrogen-bond acceptors (Lipinski definition) is 1. The molecule has 1 aromatic rings. The molecular formula is C11H13O2. The summed E-state index contributed by atoms with van der Waals surface area (Å²) >= 11 is 0. The third kappa shape index (κ3) is 2.08. The van der Waals surface area contributed by atoms with Crippen LogP contribution in [0.1, 0.15) is 22.3 Å². The average molecular weight is 177 g/mol. The summed E-state index contributed by atoms with van der Waals surface area (Å²) < 4.78 is 0. The van der Waals surface area contributed by atoms with Crippen LogP contribution in [0, 0.1) is 20.8 Å². The highest BCUT2D eigenvalue weighted by molar-refractivity contribution is 5.71. The van der Waals surface area contributed by atoms with Crippen LogP contribution in [-0.2, 0) is 16.3 Å². The quantitative estimate of drug-likeness (QED) is 0.681. The monoisotopic (exact) mass is 177 g/mol. The van der Waals surface area contributed by atoms with Crippen molar-refractivity contribution in [2.24, 2.45) is 0 Å². The van der Waals surface area contributed by atoms with Gasteiger partial charge in [0.25, 0.3) is 0 Å². The van der Waals surface area contributed by atoms with Crippen molar-refractivity contribution in [3.05, 3.63) is 34.4 Å². The molecule has 0 bridgehead atoms. The lowest BCUT2D eigenvalue weighted by Gasteiger charge is -2.09. The van der Waals surface area contributed by atoms with Crippen molar-refractivity contribution >= 4 is 5.97 Å². The molecule has 0 heterocycles. The topological polar surface area (TPSA) is 37.0 Å². The molecule has 0 fully saturated rings. The summed E-state index contributed by atoms with van der Waals surface area (Å²) in [5, 5.41) is 10.5. The summed E-state index contributed by atoms with van der Waals surface area (Å²) in [5.74, 6) is -1.02.